The minimum absolute atomic E-state index is 0.00980. The number of ether oxygens (including phenoxy) is 1. The van der Waals surface area contributed by atoms with Crippen LogP contribution in [-0.2, 0) is 4.74 Å². The molecular weight excluding hydrogens is 285 g/mol. The van der Waals surface area contributed by atoms with E-state index in [-0.39, 0.29) is 22.4 Å². The number of hydrogen-bond acceptors (Lipinski definition) is 3. The van der Waals surface area contributed by atoms with Crippen LogP contribution >= 0.6 is 23.2 Å². The normalized spacial score (nSPS) is 27.1. The molecule has 0 radical (unpaired) electrons. The van der Waals surface area contributed by atoms with Crippen molar-refractivity contribution < 1.29 is 9.53 Å². The second-order valence-electron chi connectivity index (χ2n) is 5.30. The number of aromatic nitrogens is 1. The van der Waals surface area contributed by atoms with Crippen LogP contribution in [0.3, 0.4) is 0 Å². The van der Waals surface area contributed by atoms with Crippen LogP contribution in [0.2, 0.25) is 10.3 Å². The summed E-state index contributed by atoms with van der Waals surface area (Å²) >= 11 is 11.6. The van der Waals surface area contributed by atoms with E-state index >= 15 is 0 Å². The van der Waals surface area contributed by atoms with E-state index in [0.717, 1.165) is 19.3 Å². The van der Waals surface area contributed by atoms with Crippen molar-refractivity contribution in [1.29, 1.82) is 0 Å². The Labute approximate surface area is 123 Å². The first-order valence-electron chi connectivity index (χ1n) is 6.49. The molecule has 0 bridgehead atoms. The number of rotatable bonds is 2. The number of pyridine rings is 1. The Hall–Kier alpha value is -0.800. The first-order chi connectivity index (χ1) is 8.95. The molecule has 0 N–H and O–H groups in total. The predicted octanol–water partition coefficient (Wildman–Crippen LogP) is 4.37. The smallest absolute Gasteiger partial charge is 0.338 e. The molecule has 0 saturated heterocycles. The Bertz CT molecular complexity index is 458. The number of halogens is 2. The average Bonchev–Trinajstić information content (AvgIpc) is 2.32. The van der Waals surface area contributed by atoms with Gasteiger partial charge in [-0.2, -0.15) is 0 Å². The molecule has 2 rings (SSSR count). The summed E-state index contributed by atoms with van der Waals surface area (Å²) in [6, 6.07) is 2.95. The van der Waals surface area contributed by atoms with E-state index < -0.39 is 0 Å². The molecule has 0 aromatic carbocycles. The molecule has 1 aromatic heterocycles. The van der Waals surface area contributed by atoms with Crippen LogP contribution in [-0.4, -0.2) is 17.1 Å². The number of carbonyl (C=O) groups is 1. The van der Waals surface area contributed by atoms with Crippen molar-refractivity contribution in [3.63, 3.8) is 0 Å². The molecule has 3 nitrogen and oxygen atoms in total. The Morgan fingerprint density at radius 3 is 2.42 bits per heavy atom. The Kier molecular flexibility index (Phi) is 4.69. The fourth-order valence-electron chi connectivity index (χ4n) is 2.41. The zero-order valence-corrected chi connectivity index (χ0v) is 12.5. The van der Waals surface area contributed by atoms with Crippen molar-refractivity contribution in [2.45, 2.75) is 39.2 Å². The van der Waals surface area contributed by atoms with Crippen LogP contribution in [0.15, 0.2) is 12.1 Å². The van der Waals surface area contributed by atoms with Gasteiger partial charge in [-0.1, -0.05) is 37.0 Å². The van der Waals surface area contributed by atoms with Crippen molar-refractivity contribution in [3.8, 4) is 0 Å². The van der Waals surface area contributed by atoms with Crippen LogP contribution in [0, 0.1) is 11.8 Å². The van der Waals surface area contributed by atoms with E-state index in [4.69, 9.17) is 27.9 Å². The largest absolute Gasteiger partial charge is 0.459 e. The van der Waals surface area contributed by atoms with Crippen LogP contribution in [0.5, 0.6) is 0 Å². The number of esters is 1. The summed E-state index contributed by atoms with van der Waals surface area (Å²) in [4.78, 5) is 15.8. The number of nitrogens with zero attached hydrogens (tertiary/aromatic N) is 1. The summed E-state index contributed by atoms with van der Waals surface area (Å²) in [5.41, 5.74) is 0.358. The molecule has 3 atom stereocenters. The van der Waals surface area contributed by atoms with Gasteiger partial charge in [-0.3, -0.25) is 0 Å². The molecule has 1 aromatic rings. The highest BCUT2D eigenvalue weighted by molar-refractivity contribution is 6.32. The highest BCUT2D eigenvalue weighted by atomic mass is 35.5. The maximum absolute atomic E-state index is 12.0. The van der Waals surface area contributed by atoms with Crippen LogP contribution in [0.1, 0.15) is 43.5 Å². The quantitative estimate of drug-likeness (QED) is 0.601. The summed E-state index contributed by atoms with van der Waals surface area (Å²) in [5, 5.41) is 0.398. The third kappa shape index (κ3) is 3.83. The number of hydrogen-bond donors (Lipinski definition) is 0. The Morgan fingerprint density at radius 2 is 1.84 bits per heavy atom. The third-order valence-electron chi connectivity index (χ3n) is 3.82. The van der Waals surface area contributed by atoms with E-state index in [0.29, 0.717) is 17.4 Å². The molecule has 104 valence electrons. The summed E-state index contributed by atoms with van der Waals surface area (Å²) in [6.45, 7) is 4.44. The fraction of sp³-hybridized carbons (Fsp3) is 0.571. The van der Waals surface area contributed by atoms with Crippen molar-refractivity contribution in [2.24, 2.45) is 11.8 Å². The topological polar surface area (TPSA) is 39.2 Å². The molecular formula is C14H17Cl2NO2. The second-order valence-corrected chi connectivity index (χ2v) is 6.07. The van der Waals surface area contributed by atoms with Crippen LogP contribution < -0.4 is 0 Å². The van der Waals surface area contributed by atoms with Gasteiger partial charge in [-0.25, -0.2) is 9.78 Å². The first kappa shape index (κ1) is 14.6. The van der Waals surface area contributed by atoms with Crippen molar-refractivity contribution in [1.82, 2.24) is 4.98 Å². The van der Waals surface area contributed by atoms with Crippen molar-refractivity contribution >= 4 is 29.2 Å². The van der Waals surface area contributed by atoms with Gasteiger partial charge in [0.1, 0.15) is 16.4 Å². The molecule has 1 aliphatic carbocycles. The van der Waals surface area contributed by atoms with Gasteiger partial charge in [0.2, 0.25) is 0 Å². The van der Waals surface area contributed by atoms with Gasteiger partial charge in [-0.05, 0) is 43.2 Å². The third-order valence-corrected chi connectivity index (χ3v) is 4.21. The minimum Gasteiger partial charge on any atom is -0.459 e. The molecule has 0 aliphatic heterocycles. The van der Waals surface area contributed by atoms with Gasteiger partial charge < -0.3 is 4.74 Å². The summed E-state index contributed by atoms with van der Waals surface area (Å²) in [5.74, 6) is 0.897. The lowest BCUT2D eigenvalue weighted by molar-refractivity contribution is 0.00877. The standard InChI is InChI=1S/C14H17Cl2NO2/c1-8-3-4-11(5-9(8)2)19-14(18)10-6-12(15)17-13(16)7-10/h6-9,11H,3-5H2,1-2H3. The monoisotopic (exact) mass is 301 g/mol. The highest BCUT2D eigenvalue weighted by Gasteiger charge is 2.27. The van der Waals surface area contributed by atoms with E-state index in [1.165, 1.54) is 12.1 Å². The lowest BCUT2D eigenvalue weighted by Crippen LogP contribution is -2.28. The molecule has 0 amide bonds. The van der Waals surface area contributed by atoms with E-state index in [1.807, 2.05) is 0 Å². The zero-order chi connectivity index (χ0) is 14.0. The van der Waals surface area contributed by atoms with Gasteiger partial charge in [0.15, 0.2) is 0 Å². The molecule has 3 unspecified atom stereocenters. The van der Waals surface area contributed by atoms with Gasteiger partial charge in [0.25, 0.3) is 0 Å². The molecule has 0 spiro atoms. The first-order valence-corrected chi connectivity index (χ1v) is 7.25. The maximum Gasteiger partial charge on any atom is 0.338 e. The molecule has 1 aliphatic rings. The second kappa shape index (κ2) is 6.10. The van der Waals surface area contributed by atoms with Gasteiger partial charge in [-0.15, -0.1) is 0 Å². The van der Waals surface area contributed by atoms with Crippen molar-refractivity contribution in [2.75, 3.05) is 0 Å². The van der Waals surface area contributed by atoms with E-state index in [2.05, 4.69) is 18.8 Å². The highest BCUT2D eigenvalue weighted by Crippen LogP contribution is 2.31. The lowest BCUT2D eigenvalue weighted by atomic mass is 9.80. The van der Waals surface area contributed by atoms with E-state index in [9.17, 15) is 4.79 Å². The molecule has 1 saturated carbocycles. The maximum atomic E-state index is 12.0. The van der Waals surface area contributed by atoms with Crippen LogP contribution in [0.4, 0.5) is 0 Å². The van der Waals surface area contributed by atoms with Crippen molar-refractivity contribution in [3.05, 3.63) is 28.0 Å². The molecule has 1 fully saturated rings. The molecule has 19 heavy (non-hydrogen) atoms. The minimum atomic E-state index is -0.377. The SMILES string of the molecule is CC1CCC(OC(=O)c2cc(Cl)nc(Cl)c2)CC1C. The zero-order valence-electron chi connectivity index (χ0n) is 11.0. The fourth-order valence-corrected chi connectivity index (χ4v) is 2.87. The lowest BCUT2D eigenvalue weighted by Gasteiger charge is -2.31. The van der Waals surface area contributed by atoms with Gasteiger partial charge in [0, 0.05) is 0 Å². The average molecular weight is 302 g/mol. The van der Waals surface area contributed by atoms with Gasteiger partial charge in [0.05, 0.1) is 5.56 Å². The summed E-state index contributed by atoms with van der Waals surface area (Å²) in [7, 11) is 0. The summed E-state index contributed by atoms with van der Waals surface area (Å²) < 4.78 is 5.52. The van der Waals surface area contributed by atoms with Gasteiger partial charge >= 0.3 is 5.97 Å². The Balaban J connectivity index is 2.01. The summed E-state index contributed by atoms with van der Waals surface area (Å²) in [6.07, 6.45) is 2.92. The van der Waals surface area contributed by atoms with Crippen LogP contribution in [0.25, 0.3) is 0 Å². The van der Waals surface area contributed by atoms with E-state index in [1.54, 1.807) is 0 Å². The Morgan fingerprint density at radius 1 is 1.21 bits per heavy atom. The predicted molar refractivity (Wildman–Crippen MR) is 75.6 cm³/mol. The molecule has 5 heteroatoms. The molecule has 1 heterocycles. The number of carbonyl (C=O) groups excluding carboxylic acids is 1.